The summed E-state index contributed by atoms with van der Waals surface area (Å²) in [6, 6.07) is 12.7. The Morgan fingerprint density at radius 1 is 1.08 bits per heavy atom. The molecule has 1 aromatic heterocycles. The number of H-pyrrole nitrogens is 1. The number of hydrogen-bond donors (Lipinski definition) is 2. The van der Waals surface area contributed by atoms with Crippen molar-refractivity contribution in [3.8, 4) is 0 Å². The first-order valence-electron chi connectivity index (χ1n) is 7.98. The van der Waals surface area contributed by atoms with Gasteiger partial charge in [-0.05, 0) is 23.8 Å². The number of hydrogen-bond acceptors (Lipinski definition) is 2. The number of rotatable bonds is 5. The van der Waals surface area contributed by atoms with Gasteiger partial charge in [-0.25, -0.2) is 0 Å². The van der Waals surface area contributed by atoms with Crippen LogP contribution >= 0.6 is 23.2 Å². The number of likely N-dealkylation sites (N-methyl/N-ethyl adjacent to an activating group) is 1. The molecule has 7 heteroatoms. The molecule has 26 heavy (non-hydrogen) atoms. The number of halogens is 2. The van der Waals surface area contributed by atoms with E-state index in [9.17, 15) is 9.59 Å². The van der Waals surface area contributed by atoms with E-state index in [0.717, 1.165) is 16.5 Å². The molecule has 0 bridgehead atoms. The number of para-hydroxylation sites is 2. The van der Waals surface area contributed by atoms with E-state index in [1.165, 1.54) is 4.90 Å². The standard InChI is InChI=1S/C19H17Cl2N3O2/c1-24(11-17(25)23-19-14(20)6-4-7-15(19)21)18(26)9-12-10-22-16-8-3-2-5-13(12)16/h2-8,10,22H,9,11H2,1H3,(H,23,25). The van der Waals surface area contributed by atoms with Crippen LogP contribution in [0.1, 0.15) is 5.56 Å². The molecular weight excluding hydrogens is 373 g/mol. The lowest BCUT2D eigenvalue weighted by atomic mass is 10.1. The Labute approximate surface area is 160 Å². The van der Waals surface area contributed by atoms with Crippen molar-refractivity contribution in [3.05, 3.63) is 64.3 Å². The number of carbonyl (C=O) groups is 2. The van der Waals surface area contributed by atoms with Crippen molar-refractivity contribution in [2.75, 3.05) is 18.9 Å². The summed E-state index contributed by atoms with van der Waals surface area (Å²) in [7, 11) is 1.59. The summed E-state index contributed by atoms with van der Waals surface area (Å²) in [5, 5.41) is 4.34. The number of nitrogens with one attached hydrogen (secondary N) is 2. The van der Waals surface area contributed by atoms with E-state index in [1.807, 2.05) is 30.5 Å². The number of aromatic nitrogens is 1. The number of benzene rings is 2. The molecule has 0 spiro atoms. The minimum Gasteiger partial charge on any atom is -0.361 e. The zero-order chi connectivity index (χ0) is 18.7. The lowest BCUT2D eigenvalue weighted by molar-refractivity contribution is -0.132. The molecule has 0 radical (unpaired) electrons. The van der Waals surface area contributed by atoms with Crippen molar-refractivity contribution >= 4 is 51.6 Å². The quantitative estimate of drug-likeness (QED) is 0.689. The van der Waals surface area contributed by atoms with Crippen LogP contribution in [-0.2, 0) is 16.0 Å². The van der Waals surface area contributed by atoms with Crippen LogP contribution in [-0.4, -0.2) is 35.3 Å². The lowest BCUT2D eigenvalue weighted by Gasteiger charge is -2.17. The third kappa shape index (κ3) is 4.00. The van der Waals surface area contributed by atoms with Crippen LogP contribution in [0.5, 0.6) is 0 Å². The number of carbonyl (C=O) groups excluding carboxylic acids is 2. The first-order chi connectivity index (χ1) is 12.5. The second kappa shape index (κ2) is 7.81. The van der Waals surface area contributed by atoms with E-state index in [-0.39, 0.29) is 24.8 Å². The number of amides is 2. The second-order valence-corrected chi connectivity index (χ2v) is 6.75. The van der Waals surface area contributed by atoms with Crippen molar-refractivity contribution in [3.63, 3.8) is 0 Å². The topological polar surface area (TPSA) is 65.2 Å². The van der Waals surface area contributed by atoms with Crippen LogP contribution < -0.4 is 5.32 Å². The van der Waals surface area contributed by atoms with Gasteiger partial charge in [0, 0.05) is 24.1 Å². The van der Waals surface area contributed by atoms with Crippen LogP contribution in [0.3, 0.4) is 0 Å². The van der Waals surface area contributed by atoms with E-state index < -0.39 is 0 Å². The Hall–Kier alpha value is -2.50. The second-order valence-electron chi connectivity index (χ2n) is 5.93. The molecule has 3 rings (SSSR count). The Morgan fingerprint density at radius 2 is 1.77 bits per heavy atom. The Morgan fingerprint density at radius 3 is 2.50 bits per heavy atom. The SMILES string of the molecule is CN(CC(=O)Nc1c(Cl)cccc1Cl)C(=O)Cc1c[nH]c2ccccc12. The number of fused-ring (bicyclic) bond motifs is 1. The van der Waals surface area contributed by atoms with Gasteiger partial charge in [-0.3, -0.25) is 9.59 Å². The average Bonchev–Trinajstić information content (AvgIpc) is 3.01. The zero-order valence-corrected chi connectivity index (χ0v) is 15.6. The third-order valence-electron chi connectivity index (χ3n) is 4.05. The molecule has 2 aromatic carbocycles. The summed E-state index contributed by atoms with van der Waals surface area (Å²) in [5.74, 6) is -0.523. The van der Waals surface area contributed by atoms with Crippen LogP contribution in [0.25, 0.3) is 10.9 Å². The van der Waals surface area contributed by atoms with Gasteiger partial charge in [0.15, 0.2) is 0 Å². The highest BCUT2D eigenvalue weighted by molar-refractivity contribution is 6.39. The Bertz CT molecular complexity index is 948. The molecule has 0 aliphatic carbocycles. The van der Waals surface area contributed by atoms with Crippen molar-refractivity contribution < 1.29 is 9.59 Å². The van der Waals surface area contributed by atoms with Gasteiger partial charge >= 0.3 is 0 Å². The number of aromatic amines is 1. The molecule has 0 saturated heterocycles. The first-order valence-corrected chi connectivity index (χ1v) is 8.74. The fourth-order valence-corrected chi connectivity index (χ4v) is 3.17. The van der Waals surface area contributed by atoms with Gasteiger partial charge in [0.25, 0.3) is 0 Å². The highest BCUT2D eigenvalue weighted by Crippen LogP contribution is 2.29. The summed E-state index contributed by atoms with van der Waals surface area (Å²) in [6.45, 7) is -0.0945. The maximum Gasteiger partial charge on any atom is 0.244 e. The molecule has 0 saturated carbocycles. The minimum atomic E-state index is -0.366. The minimum absolute atomic E-state index is 0.0945. The Kier molecular flexibility index (Phi) is 5.49. The maximum absolute atomic E-state index is 12.5. The highest BCUT2D eigenvalue weighted by Gasteiger charge is 2.17. The predicted octanol–water partition coefficient (Wildman–Crippen LogP) is 4.11. The molecule has 134 valence electrons. The molecule has 2 amide bonds. The van der Waals surface area contributed by atoms with Crippen molar-refractivity contribution in [2.24, 2.45) is 0 Å². The van der Waals surface area contributed by atoms with Crippen LogP contribution in [0.4, 0.5) is 5.69 Å². The largest absolute Gasteiger partial charge is 0.361 e. The first kappa shape index (κ1) is 18.3. The van der Waals surface area contributed by atoms with E-state index >= 15 is 0 Å². The summed E-state index contributed by atoms with van der Waals surface area (Å²) in [6.07, 6.45) is 2.03. The van der Waals surface area contributed by atoms with E-state index in [0.29, 0.717) is 15.7 Å². The maximum atomic E-state index is 12.5. The number of anilines is 1. The van der Waals surface area contributed by atoms with Crippen LogP contribution in [0.2, 0.25) is 10.0 Å². The molecule has 5 nitrogen and oxygen atoms in total. The summed E-state index contributed by atoms with van der Waals surface area (Å²) in [4.78, 5) is 29.2. The van der Waals surface area contributed by atoms with Gasteiger partial charge in [-0.2, -0.15) is 0 Å². The van der Waals surface area contributed by atoms with Crippen molar-refractivity contribution in [1.82, 2.24) is 9.88 Å². The monoisotopic (exact) mass is 389 g/mol. The molecule has 0 unspecified atom stereocenters. The fraction of sp³-hybridized carbons (Fsp3) is 0.158. The third-order valence-corrected chi connectivity index (χ3v) is 4.68. The zero-order valence-electron chi connectivity index (χ0n) is 14.1. The predicted molar refractivity (Wildman–Crippen MR) is 105 cm³/mol. The van der Waals surface area contributed by atoms with Crippen molar-refractivity contribution in [1.29, 1.82) is 0 Å². The fourth-order valence-electron chi connectivity index (χ4n) is 2.68. The van der Waals surface area contributed by atoms with Gasteiger partial charge in [0.2, 0.25) is 11.8 Å². The van der Waals surface area contributed by atoms with Gasteiger partial charge in [0.05, 0.1) is 28.7 Å². The average molecular weight is 390 g/mol. The Balaban J connectivity index is 1.63. The van der Waals surface area contributed by atoms with E-state index in [2.05, 4.69) is 10.3 Å². The summed E-state index contributed by atoms with van der Waals surface area (Å²) < 4.78 is 0. The summed E-state index contributed by atoms with van der Waals surface area (Å²) in [5.41, 5.74) is 2.22. The van der Waals surface area contributed by atoms with E-state index in [1.54, 1.807) is 25.2 Å². The molecule has 2 N–H and O–H groups in total. The van der Waals surface area contributed by atoms with Crippen LogP contribution in [0, 0.1) is 0 Å². The smallest absolute Gasteiger partial charge is 0.244 e. The number of nitrogens with zero attached hydrogens (tertiary/aromatic N) is 1. The van der Waals surface area contributed by atoms with Gasteiger partial charge in [-0.1, -0.05) is 47.5 Å². The molecule has 0 atom stereocenters. The summed E-state index contributed by atoms with van der Waals surface area (Å²) >= 11 is 12.1. The normalized spacial score (nSPS) is 10.7. The molecule has 1 heterocycles. The molecule has 3 aromatic rings. The van der Waals surface area contributed by atoms with Crippen molar-refractivity contribution in [2.45, 2.75) is 6.42 Å². The molecule has 0 fully saturated rings. The van der Waals surface area contributed by atoms with Gasteiger partial charge in [-0.15, -0.1) is 0 Å². The van der Waals surface area contributed by atoms with E-state index in [4.69, 9.17) is 23.2 Å². The van der Waals surface area contributed by atoms with Crippen LogP contribution in [0.15, 0.2) is 48.7 Å². The van der Waals surface area contributed by atoms with Gasteiger partial charge in [0.1, 0.15) is 0 Å². The molecule has 0 aliphatic rings. The molecule has 0 aliphatic heterocycles. The molecular formula is C19H17Cl2N3O2. The highest BCUT2D eigenvalue weighted by atomic mass is 35.5. The lowest BCUT2D eigenvalue weighted by Crippen LogP contribution is -2.35. The van der Waals surface area contributed by atoms with Gasteiger partial charge < -0.3 is 15.2 Å².